The van der Waals surface area contributed by atoms with Gasteiger partial charge < -0.3 is 19.7 Å². The van der Waals surface area contributed by atoms with E-state index in [0.717, 1.165) is 57.4 Å². The molecule has 6 nitrogen and oxygen atoms in total. The predicted molar refractivity (Wildman–Crippen MR) is 97.4 cm³/mol. The van der Waals surface area contributed by atoms with Gasteiger partial charge in [0.15, 0.2) is 0 Å². The number of nitrogens with zero attached hydrogens (tertiary/aromatic N) is 3. The molecule has 0 saturated carbocycles. The Balaban J connectivity index is 1.71. The van der Waals surface area contributed by atoms with E-state index in [9.17, 15) is 9.59 Å². The minimum Gasteiger partial charge on any atom is -0.348 e. The predicted octanol–water partition coefficient (Wildman–Crippen LogP) is 1.92. The van der Waals surface area contributed by atoms with Crippen molar-refractivity contribution in [1.29, 1.82) is 0 Å². The van der Waals surface area contributed by atoms with Crippen LogP contribution in [0.2, 0.25) is 0 Å². The second-order valence-electron chi connectivity index (χ2n) is 7.48. The molecule has 0 bridgehead atoms. The van der Waals surface area contributed by atoms with Gasteiger partial charge in [0.1, 0.15) is 5.69 Å². The first-order valence-electron chi connectivity index (χ1n) is 9.39. The lowest BCUT2D eigenvalue weighted by Crippen LogP contribution is -2.43. The van der Waals surface area contributed by atoms with Crippen LogP contribution >= 0.6 is 0 Å². The Morgan fingerprint density at radius 1 is 1.04 bits per heavy atom. The Morgan fingerprint density at radius 3 is 2.44 bits per heavy atom. The molecule has 2 saturated heterocycles. The molecule has 138 valence electrons. The molecule has 0 aromatic carbocycles. The van der Waals surface area contributed by atoms with Crippen LogP contribution in [0.5, 0.6) is 0 Å². The summed E-state index contributed by atoms with van der Waals surface area (Å²) in [6, 6.07) is 4.24. The van der Waals surface area contributed by atoms with Crippen LogP contribution in [0.15, 0.2) is 12.1 Å². The number of hydrogen-bond acceptors (Lipinski definition) is 3. The third-order valence-electron chi connectivity index (χ3n) is 5.70. The molecule has 0 spiro atoms. The highest BCUT2D eigenvalue weighted by molar-refractivity contribution is 5.93. The maximum absolute atomic E-state index is 12.7. The summed E-state index contributed by atoms with van der Waals surface area (Å²) in [4.78, 5) is 28.9. The molecule has 3 rings (SSSR count). The summed E-state index contributed by atoms with van der Waals surface area (Å²) in [7, 11) is 4.05. The van der Waals surface area contributed by atoms with E-state index in [-0.39, 0.29) is 23.9 Å². The molecule has 1 aromatic heterocycles. The lowest BCUT2D eigenvalue weighted by Gasteiger charge is -2.35. The summed E-state index contributed by atoms with van der Waals surface area (Å²) in [5.74, 6) is 0.108. The molecular formula is C19H30N4O2. The molecule has 1 N–H and O–H groups in total. The van der Waals surface area contributed by atoms with Crippen LogP contribution in [-0.4, -0.2) is 58.9 Å². The summed E-state index contributed by atoms with van der Waals surface area (Å²) in [5.41, 5.74) is 1.74. The van der Waals surface area contributed by atoms with Crippen molar-refractivity contribution in [3.8, 4) is 0 Å². The lowest BCUT2D eigenvalue weighted by molar-refractivity contribution is -0.132. The Morgan fingerprint density at radius 2 is 1.76 bits per heavy atom. The van der Waals surface area contributed by atoms with Gasteiger partial charge >= 0.3 is 0 Å². The molecule has 1 aromatic rings. The van der Waals surface area contributed by atoms with Crippen LogP contribution in [0, 0.1) is 0 Å². The summed E-state index contributed by atoms with van der Waals surface area (Å²) in [5, 5.41) is 3.18. The Kier molecular flexibility index (Phi) is 5.47. The monoisotopic (exact) mass is 346 g/mol. The molecule has 0 radical (unpaired) electrons. The van der Waals surface area contributed by atoms with Crippen molar-refractivity contribution in [3.05, 3.63) is 23.5 Å². The minimum absolute atomic E-state index is 0.00603. The van der Waals surface area contributed by atoms with Gasteiger partial charge in [0, 0.05) is 32.3 Å². The van der Waals surface area contributed by atoms with Gasteiger partial charge in [-0.1, -0.05) is 0 Å². The molecule has 2 amide bonds. The van der Waals surface area contributed by atoms with Gasteiger partial charge in [-0.3, -0.25) is 9.59 Å². The van der Waals surface area contributed by atoms with E-state index in [1.165, 1.54) is 0 Å². The van der Waals surface area contributed by atoms with Crippen molar-refractivity contribution in [3.63, 3.8) is 0 Å². The molecule has 6 heteroatoms. The van der Waals surface area contributed by atoms with E-state index in [4.69, 9.17) is 0 Å². The second-order valence-corrected chi connectivity index (χ2v) is 7.48. The number of hydrogen-bond donors (Lipinski definition) is 1. The van der Waals surface area contributed by atoms with E-state index < -0.39 is 0 Å². The van der Waals surface area contributed by atoms with E-state index in [0.29, 0.717) is 5.69 Å². The first kappa shape index (κ1) is 18.0. The van der Waals surface area contributed by atoms with E-state index >= 15 is 0 Å². The molecule has 1 atom stereocenters. The fourth-order valence-electron chi connectivity index (χ4n) is 4.12. The van der Waals surface area contributed by atoms with Crippen molar-refractivity contribution in [2.24, 2.45) is 7.05 Å². The zero-order valence-electron chi connectivity index (χ0n) is 15.6. The highest BCUT2D eigenvalue weighted by Crippen LogP contribution is 2.31. The number of carbonyl (C=O) groups excluding carboxylic acids is 2. The SMILES string of the molecule is CC(=O)N1CCCC[C@H]1c1ccc(C(=O)NC2CCN(C)CC2)n1C. The topological polar surface area (TPSA) is 57.6 Å². The first-order valence-corrected chi connectivity index (χ1v) is 9.39. The number of piperidine rings is 2. The molecule has 0 aliphatic carbocycles. The molecule has 25 heavy (non-hydrogen) atoms. The van der Waals surface area contributed by atoms with Crippen LogP contribution in [0.3, 0.4) is 0 Å². The largest absolute Gasteiger partial charge is 0.348 e. The van der Waals surface area contributed by atoms with Crippen molar-refractivity contribution < 1.29 is 9.59 Å². The van der Waals surface area contributed by atoms with E-state index in [1.807, 2.05) is 28.6 Å². The van der Waals surface area contributed by atoms with Gasteiger partial charge in [-0.05, 0) is 64.4 Å². The molecule has 3 heterocycles. The van der Waals surface area contributed by atoms with Gasteiger partial charge in [0.25, 0.3) is 5.91 Å². The number of aromatic nitrogens is 1. The first-order chi connectivity index (χ1) is 12.0. The normalized spacial score (nSPS) is 22.8. The maximum atomic E-state index is 12.7. The quantitative estimate of drug-likeness (QED) is 0.910. The Labute approximate surface area is 150 Å². The fraction of sp³-hybridized carbons (Fsp3) is 0.684. The average Bonchev–Trinajstić information content (AvgIpc) is 2.98. The van der Waals surface area contributed by atoms with Gasteiger partial charge in [-0.15, -0.1) is 0 Å². The lowest BCUT2D eigenvalue weighted by atomic mass is 9.99. The Bertz CT molecular complexity index is 631. The number of likely N-dealkylation sites (tertiary alicyclic amines) is 2. The molecule has 0 unspecified atom stereocenters. The maximum Gasteiger partial charge on any atom is 0.268 e. The molecule has 2 aliphatic rings. The van der Waals surface area contributed by atoms with E-state index in [1.54, 1.807) is 6.92 Å². The van der Waals surface area contributed by atoms with Crippen LogP contribution in [0.4, 0.5) is 0 Å². The summed E-state index contributed by atoms with van der Waals surface area (Å²) in [6.45, 7) is 4.50. The fourth-order valence-corrected chi connectivity index (χ4v) is 4.12. The van der Waals surface area contributed by atoms with Crippen LogP contribution < -0.4 is 5.32 Å². The van der Waals surface area contributed by atoms with Gasteiger partial charge in [-0.2, -0.15) is 0 Å². The number of rotatable bonds is 3. The summed E-state index contributed by atoms with van der Waals surface area (Å²) in [6.07, 6.45) is 5.15. The van der Waals surface area contributed by atoms with Gasteiger partial charge in [0.2, 0.25) is 5.91 Å². The Hall–Kier alpha value is -1.82. The highest BCUT2D eigenvalue weighted by Gasteiger charge is 2.29. The van der Waals surface area contributed by atoms with Gasteiger partial charge in [-0.25, -0.2) is 0 Å². The zero-order chi connectivity index (χ0) is 18.0. The van der Waals surface area contributed by atoms with Crippen LogP contribution in [0.25, 0.3) is 0 Å². The summed E-state index contributed by atoms with van der Waals surface area (Å²) < 4.78 is 1.97. The van der Waals surface area contributed by atoms with Crippen molar-refractivity contribution in [1.82, 2.24) is 19.7 Å². The standard InChI is InChI=1S/C19H30N4O2/c1-14(24)23-11-5-4-6-17(23)16-7-8-18(22(16)3)19(25)20-15-9-12-21(2)13-10-15/h7-8,15,17H,4-6,9-13H2,1-3H3,(H,20,25)/t17-/m0/s1. The van der Waals surface area contributed by atoms with Crippen molar-refractivity contribution in [2.75, 3.05) is 26.7 Å². The number of nitrogens with one attached hydrogen (secondary N) is 1. The molecular weight excluding hydrogens is 316 g/mol. The third-order valence-corrected chi connectivity index (χ3v) is 5.70. The number of amides is 2. The van der Waals surface area contributed by atoms with Crippen LogP contribution in [0.1, 0.15) is 61.3 Å². The van der Waals surface area contributed by atoms with Crippen LogP contribution in [-0.2, 0) is 11.8 Å². The van der Waals surface area contributed by atoms with Crippen molar-refractivity contribution >= 4 is 11.8 Å². The summed E-state index contributed by atoms with van der Waals surface area (Å²) >= 11 is 0. The highest BCUT2D eigenvalue weighted by atomic mass is 16.2. The third kappa shape index (κ3) is 3.89. The van der Waals surface area contributed by atoms with E-state index in [2.05, 4.69) is 17.3 Å². The second kappa shape index (κ2) is 7.60. The molecule has 2 aliphatic heterocycles. The zero-order valence-corrected chi connectivity index (χ0v) is 15.6. The van der Waals surface area contributed by atoms with Gasteiger partial charge in [0.05, 0.1) is 6.04 Å². The number of carbonyl (C=O) groups is 2. The van der Waals surface area contributed by atoms with Crippen molar-refractivity contribution in [2.45, 2.75) is 51.1 Å². The smallest absolute Gasteiger partial charge is 0.268 e. The molecule has 2 fully saturated rings. The minimum atomic E-state index is -0.00603. The average molecular weight is 346 g/mol.